The molecule has 7 heteroatoms. The molecular weight excluding hydrogens is 298 g/mol. The van der Waals surface area contributed by atoms with E-state index < -0.39 is 12.3 Å². The molecule has 2 aliphatic heterocycles. The fourth-order valence-corrected chi connectivity index (χ4v) is 3.07. The molecule has 7 nitrogen and oxygen atoms in total. The molecule has 122 valence electrons. The van der Waals surface area contributed by atoms with Crippen molar-refractivity contribution in [1.82, 2.24) is 10.2 Å². The predicted octanol–water partition coefficient (Wildman–Crippen LogP) is 0.588. The maximum Gasteiger partial charge on any atom is 0.254 e. The Morgan fingerprint density at radius 1 is 1.43 bits per heavy atom. The highest BCUT2D eigenvalue weighted by molar-refractivity contribution is 6.02. The first-order chi connectivity index (χ1) is 11.0. The third kappa shape index (κ3) is 2.79. The first kappa shape index (κ1) is 15.5. The summed E-state index contributed by atoms with van der Waals surface area (Å²) in [6, 6.07) is 4.75. The molecule has 3 amide bonds. The first-order valence-corrected chi connectivity index (χ1v) is 7.71. The smallest absolute Gasteiger partial charge is 0.254 e. The molecule has 2 unspecified atom stereocenters. The van der Waals surface area contributed by atoms with Crippen molar-refractivity contribution in [1.29, 1.82) is 0 Å². The highest BCUT2D eigenvalue weighted by atomic mass is 16.3. The van der Waals surface area contributed by atoms with Crippen LogP contribution in [0.15, 0.2) is 18.2 Å². The fourth-order valence-electron chi connectivity index (χ4n) is 3.07. The highest BCUT2D eigenvalue weighted by Gasteiger charge is 2.39. The molecule has 1 aromatic rings. The van der Waals surface area contributed by atoms with E-state index in [1.807, 2.05) is 0 Å². The number of hydrogen-bond donors (Lipinski definition) is 3. The molecule has 0 saturated carbocycles. The Balaban J connectivity index is 1.85. The molecule has 1 fully saturated rings. The van der Waals surface area contributed by atoms with Gasteiger partial charge in [-0.05, 0) is 18.6 Å². The molecule has 0 aliphatic carbocycles. The molecule has 3 rings (SSSR count). The summed E-state index contributed by atoms with van der Waals surface area (Å²) in [5.74, 6) is -0.518. The number of aliphatic hydroxyl groups excluding tert-OH is 1. The molecule has 1 aromatic carbocycles. The van der Waals surface area contributed by atoms with Crippen molar-refractivity contribution in [2.24, 2.45) is 0 Å². The molecular formula is C16H19N3O4. The molecule has 1 saturated heterocycles. The van der Waals surface area contributed by atoms with Crippen LogP contribution in [0.3, 0.4) is 0 Å². The van der Waals surface area contributed by atoms with Crippen LogP contribution in [0.25, 0.3) is 0 Å². The van der Waals surface area contributed by atoms with Crippen molar-refractivity contribution in [3.8, 4) is 0 Å². The molecule has 2 atom stereocenters. The Morgan fingerprint density at radius 3 is 2.91 bits per heavy atom. The zero-order valence-electron chi connectivity index (χ0n) is 12.8. The van der Waals surface area contributed by atoms with Crippen LogP contribution in [-0.2, 0) is 16.1 Å². The number of aliphatic hydroxyl groups is 1. The average molecular weight is 317 g/mol. The van der Waals surface area contributed by atoms with E-state index in [4.69, 9.17) is 0 Å². The first-order valence-electron chi connectivity index (χ1n) is 7.71. The summed E-state index contributed by atoms with van der Waals surface area (Å²) in [6.07, 6.45) is -0.0116. The van der Waals surface area contributed by atoms with E-state index in [1.54, 1.807) is 30.0 Å². The van der Waals surface area contributed by atoms with Gasteiger partial charge in [0.2, 0.25) is 11.8 Å². The van der Waals surface area contributed by atoms with Gasteiger partial charge >= 0.3 is 0 Å². The van der Waals surface area contributed by atoms with E-state index in [0.717, 1.165) is 5.56 Å². The van der Waals surface area contributed by atoms with Gasteiger partial charge in [0.1, 0.15) is 6.23 Å². The quantitative estimate of drug-likeness (QED) is 0.760. The van der Waals surface area contributed by atoms with E-state index >= 15 is 0 Å². The standard InChI is InChI=1S/C16H19N3O4/c1-2-13(20)17-11-5-3-4-9-10(11)8-19(16(9)23)12-6-7-14(21)18-15(12)22/h3-5,12,15,22H,2,6-8H2,1H3,(H,17,20)(H,18,21). The third-order valence-corrected chi connectivity index (χ3v) is 4.33. The van der Waals surface area contributed by atoms with Crippen LogP contribution in [0.1, 0.15) is 42.1 Å². The number of piperidine rings is 1. The van der Waals surface area contributed by atoms with Crippen molar-refractivity contribution < 1.29 is 19.5 Å². The molecule has 0 radical (unpaired) electrons. The minimum atomic E-state index is -1.07. The summed E-state index contributed by atoms with van der Waals surface area (Å²) < 4.78 is 0. The average Bonchev–Trinajstić information content (AvgIpc) is 2.86. The second kappa shape index (κ2) is 6.00. The van der Waals surface area contributed by atoms with E-state index in [9.17, 15) is 19.5 Å². The maximum absolute atomic E-state index is 12.6. The van der Waals surface area contributed by atoms with Crippen LogP contribution in [0.2, 0.25) is 0 Å². The zero-order valence-corrected chi connectivity index (χ0v) is 12.8. The van der Waals surface area contributed by atoms with Gasteiger partial charge in [0.15, 0.2) is 0 Å². The molecule has 0 spiro atoms. The molecule has 3 N–H and O–H groups in total. The Labute approximate surface area is 133 Å². The highest BCUT2D eigenvalue weighted by Crippen LogP contribution is 2.32. The van der Waals surface area contributed by atoms with Gasteiger partial charge < -0.3 is 20.6 Å². The SMILES string of the molecule is CCC(=O)Nc1cccc2c1CN(C1CCC(=O)NC1O)C2=O. The van der Waals surface area contributed by atoms with Crippen molar-refractivity contribution in [2.45, 2.75) is 45.0 Å². The van der Waals surface area contributed by atoms with E-state index in [2.05, 4.69) is 10.6 Å². The minimum absolute atomic E-state index is 0.116. The van der Waals surface area contributed by atoms with Gasteiger partial charge in [-0.25, -0.2) is 0 Å². The van der Waals surface area contributed by atoms with Gasteiger partial charge in [0.25, 0.3) is 5.91 Å². The van der Waals surface area contributed by atoms with Gasteiger partial charge in [-0.3, -0.25) is 14.4 Å². The lowest BCUT2D eigenvalue weighted by molar-refractivity contribution is -0.129. The van der Waals surface area contributed by atoms with Crippen LogP contribution in [0.5, 0.6) is 0 Å². The molecule has 23 heavy (non-hydrogen) atoms. The number of carbonyl (C=O) groups excluding carboxylic acids is 3. The monoisotopic (exact) mass is 317 g/mol. The number of carbonyl (C=O) groups is 3. The van der Waals surface area contributed by atoms with Gasteiger partial charge in [0.05, 0.1) is 6.04 Å². The normalized spacial score (nSPS) is 23.5. The molecule has 2 heterocycles. The second-order valence-electron chi connectivity index (χ2n) is 5.78. The number of anilines is 1. The topological polar surface area (TPSA) is 98.7 Å². The lowest BCUT2D eigenvalue weighted by atomic mass is 10.0. The summed E-state index contributed by atoms with van der Waals surface area (Å²) >= 11 is 0. The largest absolute Gasteiger partial charge is 0.372 e. The van der Waals surface area contributed by atoms with Crippen molar-refractivity contribution in [3.63, 3.8) is 0 Å². The van der Waals surface area contributed by atoms with Gasteiger partial charge in [-0.2, -0.15) is 0 Å². The van der Waals surface area contributed by atoms with E-state index in [0.29, 0.717) is 30.6 Å². The van der Waals surface area contributed by atoms with Crippen molar-refractivity contribution in [2.75, 3.05) is 5.32 Å². The van der Waals surface area contributed by atoms with Crippen LogP contribution in [-0.4, -0.2) is 40.0 Å². The summed E-state index contributed by atoms with van der Waals surface area (Å²) in [5.41, 5.74) is 1.91. The number of benzene rings is 1. The number of hydrogen-bond acceptors (Lipinski definition) is 4. The number of amides is 3. The van der Waals surface area contributed by atoms with E-state index in [-0.39, 0.29) is 24.1 Å². The van der Waals surface area contributed by atoms with Crippen LogP contribution >= 0.6 is 0 Å². The van der Waals surface area contributed by atoms with Gasteiger partial charge in [-0.1, -0.05) is 13.0 Å². The van der Waals surface area contributed by atoms with Crippen molar-refractivity contribution >= 4 is 23.4 Å². The maximum atomic E-state index is 12.6. The lowest BCUT2D eigenvalue weighted by Gasteiger charge is -2.35. The van der Waals surface area contributed by atoms with E-state index in [1.165, 1.54) is 0 Å². The van der Waals surface area contributed by atoms with Crippen LogP contribution in [0, 0.1) is 0 Å². The van der Waals surface area contributed by atoms with Gasteiger partial charge in [-0.15, -0.1) is 0 Å². The number of nitrogens with one attached hydrogen (secondary N) is 2. The zero-order chi connectivity index (χ0) is 16.6. The Hall–Kier alpha value is -2.41. The Morgan fingerprint density at radius 2 is 2.22 bits per heavy atom. The van der Waals surface area contributed by atoms with Gasteiger partial charge in [0, 0.05) is 36.2 Å². The van der Waals surface area contributed by atoms with Crippen LogP contribution in [0.4, 0.5) is 5.69 Å². The fraction of sp³-hybridized carbons (Fsp3) is 0.438. The molecule has 0 aromatic heterocycles. The summed E-state index contributed by atoms with van der Waals surface area (Å²) in [5, 5.41) is 15.3. The Bertz CT molecular complexity index is 673. The molecule has 2 aliphatic rings. The summed E-state index contributed by atoms with van der Waals surface area (Å²) in [6.45, 7) is 2.07. The number of rotatable bonds is 3. The van der Waals surface area contributed by atoms with Crippen LogP contribution < -0.4 is 10.6 Å². The lowest BCUT2D eigenvalue weighted by Crippen LogP contribution is -2.55. The minimum Gasteiger partial charge on any atom is -0.372 e. The second-order valence-corrected chi connectivity index (χ2v) is 5.78. The predicted molar refractivity (Wildman–Crippen MR) is 82.4 cm³/mol. The number of nitrogens with zero attached hydrogens (tertiary/aromatic N) is 1. The third-order valence-electron chi connectivity index (χ3n) is 4.33. The summed E-state index contributed by atoms with van der Waals surface area (Å²) in [7, 11) is 0. The summed E-state index contributed by atoms with van der Waals surface area (Å²) in [4.78, 5) is 37.1. The number of fused-ring (bicyclic) bond motifs is 1. The molecule has 0 bridgehead atoms. The Kier molecular flexibility index (Phi) is 4.04. The van der Waals surface area contributed by atoms with Crippen molar-refractivity contribution in [3.05, 3.63) is 29.3 Å².